The van der Waals surface area contributed by atoms with Gasteiger partial charge in [0.15, 0.2) is 0 Å². The first-order valence-electron chi connectivity index (χ1n) is 5.96. The van der Waals surface area contributed by atoms with E-state index in [1.54, 1.807) is 0 Å². The van der Waals surface area contributed by atoms with E-state index in [1.807, 2.05) is 0 Å². The minimum atomic E-state index is 0.448. The molecule has 1 rings (SSSR count). The van der Waals surface area contributed by atoms with E-state index in [0.29, 0.717) is 11.5 Å². The van der Waals surface area contributed by atoms with Gasteiger partial charge in [-0.3, -0.25) is 0 Å². The van der Waals surface area contributed by atoms with Crippen molar-refractivity contribution in [1.82, 2.24) is 5.32 Å². The second-order valence-corrected chi connectivity index (χ2v) is 5.80. The maximum absolute atomic E-state index is 5.74. The summed E-state index contributed by atoms with van der Waals surface area (Å²) in [7, 11) is 0. The summed E-state index contributed by atoms with van der Waals surface area (Å²) in [6.07, 6.45) is 5.26. The van der Waals surface area contributed by atoms with Gasteiger partial charge >= 0.3 is 0 Å². The SMILES string of the molecule is CC(C)(C)CCNC1CCCC1CN. The van der Waals surface area contributed by atoms with Gasteiger partial charge in [-0.05, 0) is 43.7 Å². The van der Waals surface area contributed by atoms with Crippen LogP contribution < -0.4 is 11.1 Å². The van der Waals surface area contributed by atoms with Crippen molar-refractivity contribution in [2.24, 2.45) is 17.1 Å². The predicted octanol–water partition coefficient (Wildman–Crippen LogP) is 2.14. The first-order valence-corrected chi connectivity index (χ1v) is 5.96. The lowest BCUT2D eigenvalue weighted by molar-refractivity contribution is 0.334. The Morgan fingerprint density at radius 3 is 2.57 bits per heavy atom. The second-order valence-electron chi connectivity index (χ2n) is 5.80. The normalized spacial score (nSPS) is 28.3. The average Bonchev–Trinajstić information content (AvgIpc) is 2.49. The van der Waals surface area contributed by atoms with Gasteiger partial charge in [0.25, 0.3) is 0 Å². The predicted molar refractivity (Wildman–Crippen MR) is 62.3 cm³/mol. The van der Waals surface area contributed by atoms with E-state index in [0.717, 1.165) is 19.0 Å². The van der Waals surface area contributed by atoms with Gasteiger partial charge in [-0.15, -0.1) is 0 Å². The molecular formula is C12H26N2. The van der Waals surface area contributed by atoms with Crippen molar-refractivity contribution >= 4 is 0 Å². The third-order valence-electron chi connectivity index (χ3n) is 3.24. The smallest absolute Gasteiger partial charge is 0.0107 e. The highest BCUT2D eigenvalue weighted by Gasteiger charge is 2.25. The second kappa shape index (κ2) is 5.13. The molecule has 1 aliphatic rings. The molecular weight excluding hydrogens is 172 g/mol. The Bertz CT molecular complexity index is 160. The van der Waals surface area contributed by atoms with E-state index in [-0.39, 0.29) is 0 Å². The van der Waals surface area contributed by atoms with Gasteiger partial charge in [-0.2, -0.15) is 0 Å². The Labute approximate surface area is 88.6 Å². The van der Waals surface area contributed by atoms with Crippen LogP contribution in [0.25, 0.3) is 0 Å². The van der Waals surface area contributed by atoms with Crippen LogP contribution in [0.1, 0.15) is 46.5 Å². The fourth-order valence-corrected chi connectivity index (χ4v) is 2.22. The highest BCUT2D eigenvalue weighted by atomic mass is 14.9. The van der Waals surface area contributed by atoms with Crippen molar-refractivity contribution in [2.75, 3.05) is 13.1 Å². The summed E-state index contributed by atoms with van der Waals surface area (Å²) < 4.78 is 0. The van der Waals surface area contributed by atoms with Gasteiger partial charge in [0, 0.05) is 6.04 Å². The molecule has 0 aromatic rings. The lowest BCUT2D eigenvalue weighted by Gasteiger charge is -2.23. The molecule has 0 amide bonds. The standard InChI is InChI=1S/C12H26N2/c1-12(2,3)7-8-14-11-6-4-5-10(11)9-13/h10-11,14H,4-9,13H2,1-3H3. The molecule has 0 aliphatic heterocycles. The summed E-state index contributed by atoms with van der Waals surface area (Å²) in [5, 5.41) is 3.66. The molecule has 14 heavy (non-hydrogen) atoms. The molecule has 0 heterocycles. The summed E-state index contributed by atoms with van der Waals surface area (Å²) in [6.45, 7) is 8.88. The molecule has 84 valence electrons. The van der Waals surface area contributed by atoms with E-state index in [2.05, 4.69) is 26.1 Å². The summed E-state index contributed by atoms with van der Waals surface area (Å²) in [4.78, 5) is 0. The third-order valence-corrected chi connectivity index (χ3v) is 3.24. The van der Waals surface area contributed by atoms with E-state index in [1.165, 1.54) is 25.7 Å². The Morgan fingerprint density at radius 2 is 2.00 bits per heavy atom. The van der Waals surface area contributed by atoms with E-state index in [9.17, 15) is 0 Å². The van der Waals surface area contributed by atoms with Crippen LogP contribution in [0.3, 0.4) is 0 Å². The molecule has 1 aliphatic carbocycles. The Kier molecular flexibility index (Phi) is 4.39. The molecule has 2 unspecified atom stereocenters. The van der Waals surface area contributed by atoms with Crippen LogP contribution in [0.2, 0.25) is 0 Å². The van der Waals surface area contributed by atoms with Crippen molar-refractivity contribution in [2.45, 2.75) is 52.5 Å². The van der Waals surface area contributed by atoms with Crippen molar-refractivity contribution < 1.29 is 0 Å². The van der Waals surface area contributed by atoms with Crippen molar-refractivity contribution in [1.29, 1.82) is 0 Å². The molecule has 2 nitrogen and oxygen atoms in total. The molecule has 1 saturated carbocycles. The summed E-state index contributed by atoms with van der Waals surface area (Å²) in [5.74, 6) is 0.731. The number of hydrogen-bond acceptors (Lipinski definition) is 2. The molecule has 1 fully saturated rings. The lowest BCUT2D eigenvalue weighted by atomic mass is 9.92. The minimum absolute atomic E-state index is 0.448. The summed E-state index contributed by atoms with van der Waals surface area (Å²) in [6, 6.07) is 0.697. The maximum Gasteiger partial charge on any atom is 0.0107 e. The van der Waals surface area contributed by atoms with Gasteiger partial charge in [0.2, 0.25) is 0 Å². The maximum atomic E-state index is 5.74. The highest BCUT2D eigenvalue weighted by Crippen LogP contribution is 2.25. The number of rotatable bonds is 4. The third kappa shape index (κ3) is 3.97. The van der Waals surface area contributed by atoms with Crippen molar-refractivity contribution in [3.05, 3.63) is 0 Å². The van der Waals surface area contributed by atoms with Gasteiger partial charge in [-0.1, -0.05) is 27.2 Å². The average molecular weight is 198 g/mol. The van der Waals surface area contributed by atoms with E-state index < -0.39 is 0 Å². The minimum Gasteiger partial charge on any atom is -0.330 e. The van der Waals surface area contributed by atoms with Gasteiger partial charge < -0.3 is 11.1 Å². The van der Waals surface area contributed by atoms with Crippen LogP contribution >= 0.6 is 0 Å². The fourth-order valence-electron chi connectivity index (χ4n) is 2.22. The fraction of sp³-hybridized carbons (Fsp3) is 1.00. The largest absolute Gasteiger partial charge is 0.330 e. The molecule has 0 aromatic carbocycles. The molecule has 2 heteroatoms. The Morgan fingerprint density at radius 1 is 1.29 bits per heavy atom. The molecule has 0 radical (unpaired) electrons. The highest BCUT2D eigenvalue weighted by molar-refractivity contribution is 4.83. The van der Waals surface area contributed by atoms with E-state index in [4.69, 9.17) is 5.73 Å². The molecule has 2 atom stereocenters. The van der Waals surface area contributed by atoms with E-state index >= 15 is 0 Å². The summed E-state index contributed by atoms with van der Waals surface area (Å²) >= 11 is 0. The zero-order chi connectivity index (χ0) is 10.6. The molecule has 0 aromatic heterocycles. The van der Waals surface area contributed by atoms with Crippen molar-refractivity contribution in [3.8, 4) is 0 Å². The molecule has 0 bridgehead atoms. The number of nitrogens with two attached hydrogens (primary N) is 1. The molecule has 0 spiro atoms. The first kappa shape index (κ1) is 12.0. The zero-order valence-corrected chi connectivity index (χ0v) is 9.97. The number of hydrogen-bond donors (Lipinski definition) is 2. The zero-order valence-electron chi connectivity index (χ0n) is 9.97. The Balaban J connectivity index is 2.18. The topological polar surface area (TPSA) is 38.0 Å². The van der Waals surface area contributed by atoms with Crippen LogP contribution in [0.4, 0.5) is 0 Å². The van der Waals surface area contributed by atoms with Crippen LogP contribution in [0.15, 0.2) is 0 Å². The van der Waals surface area contributed by atoms with Crippen LogP contribution in [-0.2, 0) is 0 Å². The molecule has 0 saturated heterocycles. The first-order chi connectivity index (χ1) is 6.53. The Hall–Kier alpha value is -0.0800. The van der Waals surface area contributed by atoms with Crippen LogP contribution in [-0.4, -0.2) is 19.1 Å². The lowest BCUT2D eigenvalue weighted by Crippen LogP contribution is -2.37. The summed E-state index contributed by atoms with van der Waals surface area (Å²) in [5.41, 5.74) is 6.19. The van der Waals surface area contributed by atoms with Gasteiger partial charge in [0.1, 0.15) is 0 Å². The van der Waals surface area contributed by atoms with Crippen LogP contribution in [0.5, 0.6) is 0 Å². The van der Waals surface area contributed by atoms with Crippen LogP contribution in [0, 0.1) is 11.3 Å². The quantitative estimate of drug-likeness (QED) is 0.726. The molecule has 3 N–H and O–H groups in total. The van der Waals surface area contributed by atoms with Gasteiger partial charge in [0.05, 0.1) is 0 Å². The van der Waals surface area contributed by atoms with Gasteiger partial charge in [-0.25, -0.2) is 0 Å². The monoisotopic (exact) mass is 198 g/mol. The number of nitrogens with one attached hydrogen (secondary N) is 1. The van der Waals surface area contributed by atoms with Crippen molar-refractivity contribution in [3.63, 3.8) is 0 Å².